The Bertz CT molecular complexity index is 388. The molecule has 0 aliphatic carbocycles. The maximum Gasteiger partial charge on any atom is 0.0597 e. The fourth-order valence-corrected chi connectivity index (χ4v) is 2.66. The van der Waals surface area contributed by atoms with Crippen LogP contribution in [0, 0.1) is 12.3 Å². The van der Waals surface area contributed by atoms with Crippen LogP contribution in [-0.2, 0) is 13.6 Å². The van der Waals surface area contributed by atoms with Crippen molar-refractivity contribution in [3.63, 3.8) is 0 Å². The first kappa shape index (κ1) is 13.6. The predicted molar refractivity (Wildman–Crippen MR) is 74.5 cm³/mol. The van der Waals surface area contributed by atoms with Crippen molar-refractivity contribution in [2.75, 3.05) is 26.7 Å². The van der Waals surface area contributed by atoms with Gasteiger partial charge in [0.05, 0.1) is 11.4 Å². The second kappa shape index (κ2) is 5.41. The van der Waals surface area contributed by atoms with Gasteiger partial charge in [-0.25, -0.2) is 0 Å². The first-order valence-electron chi connectivity index (χ1n) is 6.87. The van der Waals surface area contributed by atoms with Crippen LogP contribution >= 0.6 is 0 Å². The summed E-state index contributed by atoms with van der Waals surface area (Å²) in [4.78, 5) is 2.42. The first-order valence-corrected chi connectivity index (χ1v) is 6.87. The normalized spacial score (nSPS) is 20.2. The van der Waals surface area contributed by atoms with Gasteiger partial charge in [-0.3, -0.25) is 4.68 Å². The number of rotatable bonds is 4. The van der Waals surface area contributed by atoms with Crippen LogP contribution in [0.2, 0.25) is 0 Å². The molecule has 1 saturated heterocycles. The molecular weight excluding hydrogens is 224 g/mol. The molecule has 1 aromatic rings. The number of nitrogens with zero attached hydrogens (tertiary/aromatic N) is 3. The fourth-order valence-electron chi connectivity index (χ4n) is 2.66. The molecule has 2 heterocycles. The molecule has 1 aromatic heterocycles. The van der Waals surface area contributed by atoms with Crippen molar-refractivity contribution in [3.05, 3.63) is 17.5 Å². The Morgan fingerprint density at radius 2 is 2.00 bits per heavy atom. The molecule has 0 atom stereocenters. The molecule has 0 amide bonds. The lowest BCUT2D eigenvalue weighted by Gasteiger charge is -2.38. The molecule has 0 spiro atoms. The summed E-state index contributed by atoms with van der Waals surface area (Å²) in [5.41, 5.74) is 2.82. The van der Waals surface area contributed by atoms with E-state index in [9.17, 15) is 0 Å². The average Bonchev–Trinajstić information content (AvgIpc) is 2.62. The van der Waals surface area contributed by atoms with E-state index in [1.54, 1.807) is 0 Å². The second-order valence-electron chi connectivity index (χ2n) is 6.12. The summed E-state index contributed by atoms with van der Waals surface area (Å²) in [5.74, 6) is 0. The Morgan fingerprint density at radius 1 is 1.33 bits per heavy atom. The van der Waals surface area contributed by atoms with Gasteiger partial charge in [-0.05, 0) is 51.4 Å². The molecule has 0 unspecified atom stereocenters. The van der Waals surface area contributed by atoms with Crippen molar-refractivity contribution >= 4 is 0 Å². The second-order valence-corrected chi connectivity index (χ2v) is 6.12. The van der Waals surface area contributed by atoms with Crippen molar-refractivity contribution < 1.29 is 0 Å². The van der Waals surface area contributed by atoms with E-state index in [2.05, 4.69) is 35.4 Å². The predicted octanol–water partition coefficient (Wildman–Crippen LogP) is 1.55. The Hall–Kier alpha value is -0.870. The van der Waals surface area contributed by atoms with Crippen LogP contribution in [0.15, 0.2) is 6.07 Å². The zero-order valence-corrected chi connectivity index (χ0v) is 12.2. The topological polar surface area (TPSA) is 33.1 Å². The van der Waals surface area contributed by atoms with Gasteiger partial charge in [-0.2, -0.15) is 5.10 Å². The summed E-state index contributed by atoms with van der Waals surface area (Å²) in [7, 11) is 4.23. The molecule has 1 aliphatic rings. The number of aromatic nitrogens is 2. The van der Waals surface area contributed by atoms with Crippen LogP contribution < -0.4 is 5.32 Å². The third kappa shape index (κ3) is 3.33. The maximum atomic E-state index is 4.37. The maximum absolute atomic E-state index is 4.37. The van der Waals surface area contributed by atoms with Gasteiger partial charge < -0.3 is 10.2 Å². The van der Waals surface area contributed by atoms with Gasteiger partial charge in [-0.1, -0.05) is 6.92 Å². The first-order chi connectivity index (χ1) is 8.48. The smallest absolute Gasteiger partial charge is 0.0597 e. The van der Waals surface area contributed by atoms with Crippen molar-refractivity contribution in [1.82, 2.24) is 20.0 Å². The van der Waals surface area contributed by atoms with E-state index in [1.807, 2.05) is 18.7 Å². The van der Waals surface area contributed by atoms with Crippen molar-refractivity contribution in [2.45, 2.75) is 33.2 Å². The van der Waals surface area contributed by atoms with E-state index in [-0.39, 0.29) is 0 Å². The Labute approximate surface area is 110 Å². The molecule has 18 heavy (non-hydrogen) atoms. The van der Waals surface area contributed by atoms with E-state index >= 15 is 0 Å². The summed E-state index contributed by atoms with van der Waals surface area (Å²) < 4.78 is 1.97. The van der Waals surface area contributed by atoms with E-state index in [1.165, 1.54) is 31.6 Å². The molecule has 1 fully saturated rings. The highest BCUT2D eigenvalue weighted by Crippen LogP contribution is 2.29. The summed E-state index contributed by atoms with van der Waals surface area (Å²) >= 11 is 0. The lowest BCUT2D eigenvalue weighted by atomic mass is 9.80. The standard InChI is InChI=1S/C14H26N4/c1-12-9-13(18(4)16-12)10-15-11-14(2)5-7-17(3)8-6-14/h9,15H,5-8,10-11H2,1-4H3. The van der Waals surface area contributed by atoms with Crippen LogP contribution in [0.3, 0.4) is 0 Å². The van der Waals surface area contributed by atoms with Gasteiger partial charge in [0.15, 0.2) is 0 Å². The molecule has 4 nitrogen and oxygen atoms in total. The average molecular weight is 250 g/mol. The van der Waals surface area contributed by atoms with Crippen LogP contribution in [-0.4, -0.2) is 41.4 Å². The molecule has 1 aliphatic heterocycles. The SMILES string of the molecule is Cc1cc(CNCC2(C)CCN(C)CC2)n(C)n1. The molecule has 0 aromatic carbocycles. The highest BCUT2D eigenvalue weighted by molar-refractivity contribution is 5.08. The molecule has 1 N–H and O–H groups in total. The molecule has 0 bridgehead atoms. The molecule has 0 radical (unpaired) electrons. The van der Waals surface area contributed by atoms with E-state index in [4.69, 9.17) is 0 Å². The number of likely N-dealkylation sites (tertiary alicyclic amines) is 1. The number of hydrogen-bond donors (Lipinski definition) is 1. The van der Waals surface area contributed by atoms with Crippen LogP contribution in [0.25, 0.3) is 0 Å². The molecule has 102 valence electrons. The molecule has 2 rings (SSSR count). The van der Waals surface area contributed by atoms with E-state index in [0.29, 0.717) is 5.41 Å². The van der Waals surface area contributed by atoms with Crippen LogP contribution in [0.1, 0.15) is 31.2 Å². The highest BCUT2D eigenvalue weighted by atomic mass is 15.3. The minimum absolute atomic E-state index is 0.458. The fraction of sp³-hybridized carbons (Fsp3) is 0.786. The quantitative estimate of drug-likeness (QED) is 0.880. The van der Waals surface area contributed by atoms with Crippen LogP contribution in [0.5, 0.6) is 0 Å². The summed E-state index contributed by atoms with van der Waals surface area (Å²) in [5, 5.41) is 7.98. The van der Waals surface area contributed by atoms with Gasteiger partial charge in [-0.15, -0.1) is 0 Å². The highest BCUT2D eigenvalue weighted by Gasteiger charge is 2.28. The van der Waals surface area contributed by atoms with E-state index < -0.39 is 0 Å². The Balaban J connectivity index is 1.80. The van der Waals surface area contributed by atoms with Crippen molar-refractivity contribution in [1.29, 1.82) is 0 Å². The van der Waals surface area contributed by atoms with Crippen molar-refractivity contribution in [3.8, 4) is 0 Å². The number of aryl methyl sites for hydroxylation is 2. The summed E-state index contributed by atoms with van der Waals surface area (Å²) in [6, 6.07) is 2.16. The van der Waals surface area contributed by atoms with Gasteiger partial charge in [0, 0.05) is 20.1 Å². The summed E-state index contributed by atoms with van der Waals surface area (Å²) in [6.45, 7) is 8.92. The van der Waals surface area contributed by atoms with Crippen LogP contribution in [0.4, 0.5) is 0 Å². The number of piperidine rings is 1. The Kier molecular flexibility index (Phi) is 4.07. The third-order valence-corrected chi connectivity index (χ3v) is 4.15. The Morgan fingerprint density at radius 3 is 2.56 bits per heavy atom. The third-order valence-electron chi connectivity index (χ3n) is 4.15. The van der Waals surface area contributed by atoms with Gasteiger partial charge in [0.1, 0.15) is 0 Å². The number of hydrogen-bond acceptors (Lipinski definition) is 3. The monoisotopic (exact) mass is 250 g/mol. The minimum Gasteiger partial charge on any atom is -0.311 e. The largest absolute Gasteiger partial charge is 0.311 e. The van der Waals surface area contributed by atoms with Gasteiger partial charge >= 0.3 is 0 Å². The molecule has 4 heteroatoms. The zero-order valence-electron chi connectivity index (χ0n) is 12.2. The van der Waals surface area contributed by atoms with Gasteiger partial charge in [0.25, 0.3) is 0 Å². The number of nitrogens with one attached hydrogen (secondary N) is 1. The molecule has 0 saturated carbocycles. The van der Waals surface area contributed by atoms with E-state index in [0.717, 1.165) is 18.8 Å². The van der Waals surface area contributed by atoms with Gasteiger partial charge in [0.2, 0.25) is 0 Å². The zero-order chi connectivity index (χ0) is 13.2. The lowest BCUT2D eigenvalue weighted by Crippen LogP contribution is -2.42. The minimum atomic E-state index is 0.458. The summed E-state index contributed by atoms with van der Waals surface area (Å²) in [6.07, 6.45) is 2.59. The lowest BCUT2D eigenvalue weighted by molar-refractivity contribution is 0.136. The van der Waals surface area contributed by atoms with Crippen molar-refractivity contribution in [2.24, 2.45) is 12.5 Å². The molecular formula is C14H26N4.